The number of carbonyl (C=O) groups excluding carboxylic acids is 5. The molecule has 13 nitrogen and oxygen atoms in total. The first-order valence-corrected chi connectivity index (χ1v) is 18.4. The Morgan fingerprint density at radius 2 is 1.53 bits per heavy atom. The second-order valence-electron chi connectivity index (χ2n) is 13.5. The van der Waals surface area contributed by atoms with Crippen molar-refractivity contribution >= 4 is 40.7 Å². The van der Waals surface area contributed by atoms with E-state index < -0.39 is 48.5 Å². The lowest BCUT2D eigenvalue weighted by Crippen LogP contribution is -2.53. The van der Waals surface area contributed by atoms with Crippen LogP contribution in [0, 0.1) is 0 Å². The Morgan fingerprint density at radius 3 is 2.22 bits per heavy atom. The average Bonchev–Trinajstić information content (AvgIpc) is 3.20. The number of nitrogens with two attached hydrogens (primary N) is 1. The van der Waals surface area contributed by atoms with Crippen LogP contribution in [0.1, 0.15) is 42.4 Å². The Bertz CT molecular complexity index is 1880. The number of aliphatic hydroxyl groups excluding tert-OH is 1. The molecule has 4 amide bonds. The van der Waals surface area contributed by atoms with E-state index in [0.717, 1.165) is 27.5 Å². The van der Waals surface area contributed by atoms with Gasteiger partial charge in [0.05, 0.1) is 25.8 Å². The topological polar surface area (TPSA) is 200 Å². The molecule has 13 heteroatoms. The average molecular weight is 754 g/mol. The number of benzene rings is 4. The third-order valence-electron chi connectivity index (χ3n) is 9.52. The van der Waals surface area contributed by atoms with Crippen LogP contribution in [-0.2, 0) is 43.2 Å². The standard InChI is InChI=1S/C42H51N5O8/c1-47(39(51)22-17-28-15-20-34(55-2)21-16-28)38(24-29-13-18-33(50)19-14-29)42(54)45-32(26-48)11-5-6-23-44-41(53)37(27-49)46-40(52)36(43)25-31-10-7-9-30-8-3-4-12-35(30)31/h3-4,7-10,12-16,18-21,26,32,36-38,49-50H,5-6,11,17,22-25,27,43H2,1-2H3,(H,44,53)(H,45,54)(H,46,52)/t32-,36+,37+,38+/m1/s1. The minimum atomic E-state index is -1.20. The fourth-order valence-electron chi connectivity index (χ4n) is 6.20. The number of nitrogens with zero attached hydrogens (tertiary/aromatic N) is 1. The first kappa shape index (κ1) is 42.0. The second kappa shape index (κ2) is 21.2. The second-order valence-corrected chi connectivity index (χ2v) is 13.5. The van der Waals surface area contributed by atoms with Gasteiger partial charge in [-0.2, -0.15) is 0 Å². The highest BCUT2D eigenvalue weighted by atomic mass is 16.5. The van der Waals surface area contributed by atoms with Gasteiger partial charge in [0.15, 0.2) is 0 Å². The number of aromatic hydroxyl groups is 1. The van der Waals surface area contributed by atoms with Gasteiger partial charge in [0.25, 0.3) is 0 Å². The fourth-order valence-corrected chi connectivity index (χ4v) is 6.20. The van der Waals surface area contributed by atoms with Gasteiger partial charge in [0, 0.05) is 26.4 Å². The summed E-state index contributed by atoms with van der Waals surface area (Å²) in [6.07, 6.45) is 2.83. The van der Waals surface area contributed by atoms with Gasteiger partial charge in [0.2, 0.25) is 23.6 Å². The van der Waals surface area contributed by atoms with Crippen molar-refractivity contribution in [1.29, 1.82) is 0 Å². The third-order valence-corrected chi connectivity index (χ3v) is 9.52. The summed E-state index contributed by atoms with van der Waals surface area (Å²) in [7, 11) is 3.13. The van der Waals surface area contributed by atoms with E-state index in [1.165, 1.54) is 17.0 Å². The van der Waals surface area contributed by atoms with Gasteiger partial charge in [-0.15, -0.1) is 0 Å². The minimum absolute atomic E-state index is 0.0690. The van der Waals surface area contributed by atoms with E-state index >= 15 is 0 Å². The van der Waals surface area contributed by atoms with E-state index in [9.17, 15) is 34.2 Å². The number of amides is 4. The van der Waals surface area contributed by atoms with Crippen LogP contribution in [0.3, 0.4) is 0 Å². The summed E-state index contributed by atoms with van der Waals surface area (Å²) < 4.78 is 5.19. The minimum Gasteiger partial charge on any atom is -0.508 e. The number of fused-ring (bicyclic) bond motifs is 1. The molecule has 0 aliphatic rings. The van der Waals surface area contributed by atoms with Crippen molar-refractivity contribution in [3.05, 3.63) is 108 Å². The van der Waals surface area contributed by atoms with E-state index in [2.05, 4.69) is 16.0 Å². The maximum Gasteiger partial charge on any atom is 0.244 e. The summed E-state index contributed by atoms with van der Waals surface area (Å²) in [5, 5.41) is 29.6. The number of carbonyl (C=O) groups is 5. The van der Waals surface area contributed by atoms with Gasteiger partial charge < -0.3 is 46.3 Å². The van der Waals surface area contributed by atoms with E-state index in [0.29, 0.717) is 31.3 Å². The molecule has 0 heterocycles. The number of ether oxygens (including phenoxy) is 1. The summed E-state index contributed by atoms with van der Waals surface area (Å²) in [4.78, 5) is 66.0. The lowest BCUT2D eigenvalue weighted by molar-refractivity contribution is -0.139. The van der Waals surface area contributed by atoms with Gasteiger partial charge >= 0.3 is 0 Å². The number of aldehydes is 1. The highest BCUT2D eigenvalue weighted by molar-refractivity contribution is 5.91. The SMILES string of the molecule is COc1ccc(CCC(=O)N(C)[C@@H](Cc2ccc(O)cc2)C(=O)N[C@@H](C=O)CCCCNC(=O)[C@H](CO)NC(=O)[C@@H](N)Cc2cccc3ccccc23)cc1. The summed E-state index contributed by atoms with van der Waals surface area (Å²) >= 11 is 0. The van der Waals surface area contributed by atoms with Crippen molar-refractivity contribution in [2.45, 2.75) is 69.1 Å². The fraction of sp³-hybridized carbons (Fsp3) is 0.357. The molecule has 0 spiro atoms. The van der Waals surface area contributed by atoms with Crippen molar-refractivity contribution < 1.29 is 38.9 Å². The van der Waals surface area contributed by atoms with E-state index in [4.69, 9.17) is 10.5 Å². The Balaban J connectivity index is 1.25. The number of rotatable bonds is 21. The van der Waals surface area contributed by atoms with E-state index in [1.807, 2.05) is 66.7 Å². The highest BCUT2D eigenvalue weighted by Crippen LogP contribution is 2.20. The van der Waals surface area contributed by atoms with Crippen LogP contribution >= 0.6 is 0 Å². The van der Waals surface area contributed by atoms with Crippen LogP contribution < -0.4 is 26.4 Å². The first-order valence-electron chi connectivity index (χ1n) is 18.4. The maximum atomic E-state index is 13.6. The predicted octanol–water partition coefficient (Wildman–Crippen LogP) is 2.57. The number of hydrogen-bond donors (Lipinski definition) is 6. The molecule has 0 saturated heterocycles. The van der Waals surface area contributed by atoms with Gasteiger partial charge in [-0.25, -0.2) is 0 Å². The van der Waals surface area contributed by atoms with Gasteiger partial charge in [-0.3, -0.25) is 19.2 Å². The molecule has 0 radical (unpaired) electrons. The zero-order valence-corrected chi connectivity index (χ0v) is 31.3. The van der Waals surface area contributed by atoms with Crippen LogP contribution in [0.4, 0.5) is 0 Å². The maximum absolute atomic E-state index is 13.6. The molecule has 0 bridgehead atoms. The molecule has 0 unspecified atom stereocenters. The van der Waals surface area contributed by atoms with Crippen molar-refractivity contribution in [2.75, 3.05) is 27.3 Å². The number of methoxy groups -OCH3 is 1. The lowest BCUT2D eigenvalue weighted by atomic mass is 9.98. The molecule has 4 rings (SSSR count). The molecule has 4 aromatic rings. The monoisotopic (exact) mass is 753 g/mol. The number of aryl methyl sites for hydroxylation is 1. The van der Waals surface area contributed by atoms with Gasteiger partial charge in [0.1, 0.15) is 29.9 Å². The number of hydrogen-bond acceptors (Lipinski definition) is 9. The number of aliphatic hydroxyl groups is 1. The van der Waals surface area contributed by atoms with Crippen LogP contribution in [0.2, 0.25) is 0 Å². The summed E-state index contributed by atoms with van der Waals surface area (Å²) in [5.41, 5.74) is 8.73. The molecule has 0 aliphatic carbocycles. The Labute approximate surface area is 321 Å². The molecule has 292 valence electrons. The molecular formula is C42H51N5O8. The zero-order chi connectivity index (χ0) is 39.7. The largest absolute Gasteiger partial charge is 0.508 e. The van der Waals surface area contributed by atoms with E-state index in [1.54, 1.807) is 26.3 Å². The normalized spacial score (nSPS) is 13.2. The quantitative estimate of drug-likeness (QED) is 0.0547. The smallest absolute Gasteiger partial charge is 0.244 e. The molecule has 4 aromatic carbocycles. The number of phenolic OH excluding ortho intramolecular Hbond substituents is 1. The van der Waals surface area contributed by atoms with Crippen molar-refractivity contribution in [3.63, 3.8) is 0 Å². The number of likely N-dealkylation sites (N-methyl/N-ethyl adjacent to an activating group) is 1. The Kier molecular flexibility index (Phi) is 16.2. The highest BCUT2D eigenvalue weighted by Gasteiger charge is 2.29. The molecule has 0 fully saturated rings. The predicted molar refractivity (Wildman–Crippen MR) is 209 cm³/mol. The summed E-state index contributed by atoms with van der Waals surface area (Å²) in [6.45, 7) is -0.427. The van der Waals surface area contributed by atoms with Crippen LogP contribution in [0.25, 0.3) is 10.8 Å². The zero-order valence-electron chi connectivity index (χ0n) is 31.3. The number of phenols is 1. The first-order chi connectivity index (χ1) is 26.5. The van der Waals surface area contributed by atoms with Crippen LogP contribution in [0.5, 0.6) is 11.5 Å². The van der Waals surface area contributed by atoms with Gasteiger partial charge in [-0.1, -0.05) is 66.7 Å². The van der Waals surface area contributed by atoms with Crippen molar-refractivity contribution in [1.82, 2.24) is 20.9 Å². The Morgan fingerprint density at radius 1 is 0.836 bits per heavy atom. The molecule has 7 N–H and O–H groups in total. The molecule has 0 saturated carbocycles. The van der Waals surface area contributed by atoms with Gasteiger partial charge in [-0.05, 0) is 83.8 Å². The summed E-state index contributed by atoms with van der Waals surface area (Å²) in [5.74, 6) is -1.13. The number of unbranched alkanes of at least 4 members (excludes halogenated alkanes) is 1. The molecule has 55 heavy (non-hydrogen) atoms. The van der Waals surface area contributed by atoms with Crippen LogP contribution in [0.15, 0.2) is 91.0 Å². The molecule has 0 aliphatic heterocycles. The molecule has 0 aromatic heterocycles. The van der Waals surface area contributed by atoms with Crippen LogP contribution in [-0.4, -0.2) is 96.5 Å². The lowest BCUT2D eigenvalue weighted by Gasteiger charge is -2.29. The molecule has 4 atom stereocenters. The van der Waals surface area contributed by atoms with E-state index in [-0.39, 0.29) is 43.9 Å². The van der Waals surface area contributed by atoms with Crippen molar-refractivity contribution in [3.8, 4) is 11.5 Å². The Hall–Kier alpha value is -5.79. The van der Waals surface area contributed by atoms with Crippen molar-refractivity contribution in [2.24, 2.45) is 5.73 Å². The third kappa shape index (κ3) is 12.7. The summed E-state index contributed by atoms with van der Waals surface area (Å²) in [6, 6.07) is 23.3. The molecular weight excluding hydrogens is 702 g/mol. The number of nitrogens with one attached hydrogen (secondary N) is 3.